The van der Waals surface area contributed by atoms with Crippen molar-refractivity contribution in [3.05, 3.63) is 30.5 Å². The second kappa shape index (κ2) is 4.21. The highest BCUT2D eigenvalue weighted by atomic mass is 32.2. The van der Waals surface area contributed by atoms with E-state index in [-0.39, 0.29) is 4.90 Å². The number of sulfonamides is 1. The molecule has 0 atom stereocenters. The van der Waals surface area contributed by atoms with Gasteiger partial charge >= 0.3 is 0 Å². The van der Waals surface area contributed by atoms with E-state index in [1.54, 1.807) is 13.1 Å². The third kappa shape index (κ3) is 1.73. The van der Waals surface area contributed by atoms with Gasteiger partial charge in [-0.25, -0.2) is 18.4 Å². The lowest BCUT2D eigenvalue weighted by Gasteiger charge is -2.27. The summed E-state index contributed by atoms with van der Waals surface area (Å²) in [5, 5.41) is 0.563. The number of anilines is 1. The molecule has 2 heterocycles. The van der Waals surface area contributed by atoms with Crippen LogP contribution >= 0.6 is 11.8 Å². The zero-order chi connectivity index (χ0) is 13.6. The second-order valence-electron chi connectivity index (χ2n) is 4.06. The molecular weight excluding hydrogens is 282 g/mol. The maximum absolute atomic E-state index is 12.4. The van der Waals surface area contributed by atoms with Crippen molar-refractivity contribution in [2.45, 2.75) is 10.1 Å². The van der Waals surface area contributed by atoms with Gasteiger partial charge in [0.2, 0.25) is 0 Å². The zero-order valence-corrected chi connectivity index (χ0v) is 12.0. The number of hydrogen-bond donors (Lipinski definition) is 0. The molecule has 1 aromatic heterocycles. The van der Waals surface area contributed by atoms with Gasteiger partial charge in [0.1, 0.15) is 4.90 Å². The van der Waals surface area contributed by atoms with Gasteiger partial charge in [-0.2, -0.15) is 0 Å². The number of rotatable bonds is 1. The fourth-order valence-electron chi connectivity index (χ4n) is 2.06. The lowest BCUT2D eigenvalue weighted by Crippen LogP contribution is -2.31. The van der Waals surface area contributed by atoms with Crippen LogP contribution in [0.5, 0.6) is 0 Å². The average Bonchev–Trinajstić information content (AvgIpc) is 2.44. The summed E-state index contributed by atoms with van der Waals surface area (Å²) in [5.41, 5.74) is 1.93. The molecular formula is C12H11N3O2S2. The molecule has 0 spiro atoms. The Kier molecular flexibility index (Phi) is 2.75. The molecule has 0 N–H and O–H groups in total. The van der Waals surface area contributed by atoms with Crippen molar-refractivity contribution in [2.75, 3.05) is 17.6 Å². The molecule has 0 radical (unpaired) electrons. The van der Waals surface area contributed by atoms with Gasteiger partial charge in [-0.3, -0.25) is 4.31 Å². The van der Waals surface area contributed by atoms with Crippen LogP contribution in [0.3, 0.4) is 0 Å². The van der Waals surface area contributed by atoms with Crippen LogP contribution in [0.1, 0.15) is 0 Å². The van der Waals surface area contributed by atoms with Crippen molar-refractivity contribution in [2.24, 2.45) is 0 Å². The van der Waals surface area contributed by atoms with Crippen LogP contribution in [0, 0.1) is 0 Å². The van der Waals surface area contributed by atoms with Gasteiger partial charge in [0, 0.05) is 12.6 Å². The number of aromatic nitrogens is 2. The summed E-state index contributed by atoms with van der Waals surface area (Å²) in [7, 11) is -2.02. The molecule has 1 aliphatic rings. The van der Waals surface area contributed by atoms with E-state index in [4.69, 9.17) is 0 Å². The summed E-state index contributed by atoms with van der Waals surface area (Å²) in [6.07, 6.45) is 3.24. The van der Waals surface area contributed by atoms with E-state index in [9.17, 15) is 8.42 Å². The molecule has 0 fully saturated rings. The molecule has 0 unspecified atom stereocenters. The van der Waals surface area contributed by atoms with Gasteiger partial charge in [-0.1, -0.05) is 30.0 Å². The first-order chi connectivity index (χ1) is 9.05. The standard InChI is InChI=1S/C12H11N3O2S2/c1-15-9-6-4-3-5-8(9)11-10(19(15,16)17)7-13-12(14-11)18-2/h3-7H,1-2H3. The fraction of sp³-hybridized carbons (Fsp3) is 0.167. The van der Waals surface area contributed by atoms with Gasteiger partial charge in [-0.05, 0) is 12.3 Å². The van der Waals surface area contributed by atoms with E-state index in [2.05, 4.69) is 9.97 Å². The Morgan fingerprint density at radius 1 is 1.26 bits per heavy atom. The van der Waals surface area contributed by atoms with E-state index in [0.717, 1.165) is 5.56 Å². The Hall–Kier alpha value is -1.60. The Labute approximate surface area is 115 Å². The predicted octanol–water partition coefficient (Wildman–Crippen LogP) is 2.00. The van der Waals surface area contributed by atoms with E-state index in [0.29, 0.717) is 16.5 Å². The molecule has 98 valence electrons. The number of thioether (sulfide) groups is 1. The molecule has 1 aliphatic heterocycles. The van der Waals surface area contributed by atoms with Crippen LogP contribution in [0.25, 0.3) is 11.3 Å². The van der Waals surface area contributed by atoms with Gasteiger partial charge in [0.15, 0.2) is 5.16 Å². The lowest BCUT2D eigenvalue weighted by molar-refractivity contribution is 0.592. The molecule has 5 nitrogen and oxygen atoms in total. The van der Waals surface area contributed by atoms with Crippen LogP contribution in [-0.2, 0) is 10.0 Å². The van der Waals surface area contributed by atoms with Crippen LogP contribution in [0.15, 0.2) is 40.5 Å². The topological polar surface area (TPSA) is 63.2 Å². The smallest absolute Gasteiger partial charge is 0.267 e. The first-order valence-corrected chi connectivity index (χ1v) is 8.21. The number of fused-ring (bicyclic) bond motifs is 3. The SMILES string of the molecule is CSc1ncc2c(n1)-c1ccccc1N(C)S2(=O)=O. The van der Waals surface area contributed by atoms with E-state index in [1.165, 1.54) is 22.3 Å². The minimum absolute atomic E-state index is 0.159. The lowest BCUT2D eigenvalue weighted by atomic mass is 10.1. The highest BCUT2D eigenvalue weighted by molar-refractivity contribution is 7.98. The van der Waals surface area contributed by atoms with Crippen LogP contribution in [-0.4, -0.2) is 31.7 Å². The van der Waals surface area contributed by atoms with Crippen molar-refractivity contribution in [1.82, 2.24) is 9.97 Å². The minimum atomic E-state index is -3.56. The van der Waals surface area contributed by atoms with Gasteiger partial charge < -0.3 is 0 Å². The third-order valence-electron chi connectivity index (χ3n) is 3.05. The van der Waals surface area contributed by atoms with Crippen molar-refractivity contribution < 1.29 is 8.42 Å². The molecule has 2 aromatic rings. The molecule has 3 rings (SSSR count). The molecule has 0 saturated heterocycles. The van der Waals surface area contributed by atoms with Gasteiger partial charge in [0.05, 0.1) is 17.6 Å². The Morgan fingerprint density at radius 3 is 2.74 bits per heavy atom. The summed E-state index contributed by atoms with van der Waals surface area (Å²) >= 11 is 1.39. The Bertz CT molecular complexity index is 759. The maximum atomic E-state index is 12.4. The highest BCUT2D eigenvalue weighted by Gasteiger charge is 2.33. The zero-order valence-electron chi connectivity index (χ0n) is 10.4. The summed E-state index contributed by atoms with van der Waals surface area (Å²) < 4.78 is 26.1. The first kappa shape index (κ1) is 12.4. The third-order valence-corrected chi connectivity index (χ3v) is 5.39. The van der Waals surface area contributed by atoms with Crippen molar-refractivity contribution >= 4 is 27.5 Å². The average molecular weight is 293 g/mol. The molecule has 0 bridgehead atoms. The monoisotopic (exact) mass is 293 g/mol. The second-order valence-corrected chi connectivity index (χ2v) is 6.77. The van der Waals surface area contributed by atoms with Crippen molar-refractivity contribution in [1.29, 1.82) is 0 Å². The normalized spacial score (nSPS) is 15.8. The summed E-state index contributed by atoms with van der Waals surface area (Å²) in [6.45, 7) is 0. The summed E-state index contributed by atoms with van der Waals surface area (Å²) in [4.78, 5) is 8.57. The largest absolute Gasteiger partial charge is 0.269 e. The number of para-hydroxylation sites is 1. The van der Waals surface area contributed by atoms with E-state index in [1.807, 2.05) is 24.5 Å². The van der Waals surface area contributed by atoms with Gasteiger partial charge in [-0.15, -0.1) is 0 Å². The predicted molar refractivity (Wildman–Crippen MR) is 74.8 cm³/mol. The number of nitrogens with zero attached hydrogens (tertiary/aromatic N) is 3. The molecule has 19 heavy (non-hydrogen) atoms. The quantitative estimate of drug-likeness (QED) is 0.594. The summed E-state index contributed by atoms with van der Waals surface area (Å²) in [6, 6.07) is 7.33. The van der Waals surface area contributed by atoms with Crippen LogP contribution in [0.4, 0.5) is 5.69 Å². The minimum Gasteiger partial charge on any atom is -0.269 e. The number of benzene rings is 1. The van der Waals surface area contributed by atoms with E-state index >= 15 is 0 Å². The molecule has 7 heteroatoms. The molecule has 1 aromatic carbocycles. The fourth-order valence-corrected chi connectivity index (χ4v) is 3.70. The summed E-state index contributed by atoms with van der Waals surface area (Å²) in [5.74, 6) is 0. The van der Waals surface area contributed by atoms with Crippen LogP contribution in [0.2, 0.25) is 0 Å². The number of hydrogen-bond acceptors (Lipinski definition) is 5. The van der Waals surface area contributed by atoms with Gasteiger partial charge in [0.25, 0.3) is 10.0 Å². The van der Waals surface area contributed by atoms with Crippen molar-refractivity contribution in [3.8, 4) is 11.3 Å². The molecule has 0 aliphatic carbocycles. The Morgan fingerprint density at radius 2 is 2.00 bits per heavy atom. The van der Waals surface area contributed by atoms with E-state index < -0.39 is 10.0 Å². The molecule has 0 amide bonds. The maximum Gasteiger partial charge on any atom is 0.267 e. The van der Waals surface area contributed by atoms with Crippen LogP contribution < -0.4 is 4.31 Å². The molecule has 0 saturated carbocycles. The first-order valence-electron chi connectivity index (χ1n) is 5.55. The Balaban J connectivity index is 2.40. The van der Waals surface area contributed by atoms with Crippen molar-refractivity contribution in [3.63, 3.8) is 0 Å². The highest BCUT2D eigenvalue weighted by Crippen LogP contribution is 2.40.